The van der Waals surface area contributed by atoms with Gasteiger partial charge in [-0.3, -0.25) is 0 Å². The zero-order chi connectivity index (χ0) is 19.5. The summed E-state index contributed by atoms with van der Waals surface area (Å²) in [7, 11) is 1.73. The highest BCUT2D eigenvalue weighted by atomic mass is 19.1. The lowest BCUT2D eigenvalue weighted by atomic mass is 9.95. The predicted octanol–water partition coefficient (Wildman–Crippen LogP) is 2.84. The van der Waals surface area contributed by atoms with Gasteiger partial charge in [-0.05, 0) is 41.8 Å². The lowest BCUT2D eigenvalue weighted by Crippen LogP contribution is -2.52. The molecule has 0 bridgehead atoms. The highest BCUT2D eigenvalue weighted by Gasteiger charge is 2.28. The number of methoxy groups -OCH3 is 1. The number of terminal acetylenes is 1. The molecule has 2 saturated heterocycles. The molecular formula is C23H25FN2O2. The van der Waals surface area contributed by atoms with Crippen molar-refractivity contribution in [2.24, 2.45) is 0 Å². The summed E-state index contributed by atoms with van der Waals surface area (Å²) in [4.78, 5) is 2.26. The van der Waals surface area contributed by atoms with Crippen LogP contribution in [0.5, 0.6) is 0 Å². The number of halogens is 1. The molecule has 0 spiro atoms. The number of anilines is 1. The summed E-state index contributed by atoms with van der Waals surface area (Å²) in [6.07, 6.45) is 6.61. The molecule has 2 aromatic rings. The van der Waals surface area contributed by atoms with E-state index in [0.717, 1.165) is 56.0 Å². The third-order valence-electron chi connectivity index (χ3n) is 5.49. The first-order chi connectivity index (χ1) is 13.7. The lowest BCUT2D eigenvalue weighted by molar-refractivity contribution is 0.0292. The molecule has 2 aliphatic rings. The number of hydrogen-bond donors (Lipinski definition) is 1. The fourth-order valence-corrected chi connectivity index (χ4v) is 3.81. The van der Waals surface area contributed by atoms with Crippen LogP contribution in [0.25, 0.3) is 11.1 Å². The van der Waals surface area contributed by atoms with Crippen LogP contribution in [0.1, 0.15) is 11.1 Å². The average molecular weight is 380 g/mol. The van der Waals surface area contributed by atoms with Gasteiger partial charge in [-0.1, -0.05) is 18.1 Å². The number of rotatable bonds is 5. The maximum Gasteiger partial charge on any atom is 0.139 e. The molecule has 1 unspecified atom stereocenters. The molecule has 0 saturated carbocycles. The van der Waals surface area contributed by atoms with Crippen molar-refractivity contribution in [3.8, 4) is 23.5 Å². The van der Waals surface area contributed by atoms with E-state index in [9.17, 15) is 4.39 Å². The number of nitrogens with one attached hydrogen (secondary N) is 1. The minimum atomic E-state index is -0.366. The van der Waals surface area contributed by atoms with Gasteiger partial charge in [-0.2, -0.15) is 0 Å². The Morgan fingerprint density at radius 2 is 2.14 bits per heavy atom. The normalized spacial score (nSPS) is 19.9. The zero-order valence-corrected chi connectivity index (χ0v) is 16.1. The van der Waals surface area contributed by atoms with Gasteiger partial charge in [0.2, 0.25) is 0 Å². The second-order valence-electron chi connectivity index (χ2n) is 7.35. The van der Waals surface area contributed by atoms with Crippen LogP contribution >= 0.6 is 0 Å². The maximum absolute atomic E-state index is 14.4. The van der Waals surface area contributed by atoms with Crippen molar-refractivity contribution in [1.82, 2.24) is 5.32 Å². The van der Waals surface area contributed by atoms with Crippen molar-refractivity contribution in [3.63, 3.8) is 0 Å². The van der Waals surface area contributed by atoms with Crippen molar-refractivity contribution in [2.45, 2.75) is 18.6 Å². The summed E-state index contributed by atoms with van der Waals surface area (Å²) in [5, 5.41) is 3.37. The second kappa shape index (κ2) is 8.32. The molecule has 2 heterocycles. The Bertz CT molecular complexity index is 881. The Hall–Kier alpha value is -2.39. The van der Waals surface area contributed by atoms with Crippen LogP contribution in [0.15, 0.2) is 36.4 Å². The zero-order valence-electron chi connectivity index (χ0n) is 16.1. The van der Waals surface area contributed by atoms with E-state index < -0.39 is 0 Å². The molecule has 2 aliphatic heterocycles. The molecule has 4 rings (SSSR count). The van der Waals surface area contributed by atoms with E-state index in [1.807, 2.05) is 6.07 Å². The van der Waals surface area contributed by atoms with Gasteiger partial charge >= 0.3 is 0 Å². The summed E-state index contributed by atoms with van der Waals surface area (Å²) < 4.78 is 25.6. The third kappa shape index (κ3) is 3.90. The largest absolute Gasteiger partial charge is 0.378 e. The van der Waals surface area contributed by atoms with Gasteiger partial charge in [0.25, 0.3) is 0 Å². The van der Waals surface area contributed by atoms with E-state index >= 15 is 0 Å². The van der Waals surface area contributed by atoms with Crippen LogP contribution in [0.3, 0.4) is 0 Å². The predicted molar refractivity (Wildman–Crippen MR) is 109 cm³/mol. The van der Waals surface area contributed by atoms with E-state index in [4.69, 9.17) is 15.9 Å². The number of morpholine rings is 1. The summed E-state index contributed by atoms with van der Waals surface area (Å²) in [6.45, 7) is 4.16. The Labute approximate surface area is 165 Å². The molecule has 5 heteroatoms. The Kier molecular flexibility index (Phi) is 5.63. The van der Waals surface area contributed by atoms with Gasteiger partial charge in [-0.15, -0.1) is 6.42 Å². The van der Waals surface area contributed by atoms with Gasteiger partial charge < -0.3 is 19.7 Å². The first-order valence-corrected chi connectivity index (χ1v) is 9.67. The van der Waals surface area contributed by atoms with Crippen molar-refractivity contribution in [1.29, 1.82) is 0 Å². The van der Waals surface area contributed by atoms with E-state index in [0.29, 0.717) is 0 Å². The topological polar surface area (TPSA) is 33.7 Å². The van der Waals surface area contributed by atoms with Crippen LogP contribution < -0.4 is 10.2 Å². The van der Waals surface area contributed by atoms with E-state index in [-0.39, 0.29) is 23.6 Å². The van der Waals surface area contributed by atoms with E-state index in [1.165, 1.54) is 11.6 Å². The monoisotopic (exact) mass is 380 g/mol. The molecule has 1 atom stereocenters. The molecule has 4 nitrogen and oxygen atoms in total. The van der Waals surface area contributed by atoms with Crippen LogP contribution in [0.4, 0.5) is 10.1 Å². The SMILES string of the molecule is C#Cc1ccc(-c2cc(CC3CNCCO3)ccc2N2CC(OC)C2)cc1F. The molecule has 1 N–H and O–H groups in total. The Morgan fingerprint density at radius 3 is 2.82 bits per heavy atom. The second-order valence-corrected chi connectivity index (χ2v) is 7.35. The first kappa shape index (κ1) is 18.9. The van der Waals surface area contributed by atoms with Gasteiger partial charge in [0, 0.05) is 44.5 Å². The minimum Gasteiger partial charge on any atom is -0.378 e. The van der Waals surface area contributed by atoms with Crippen molar-refractivity contribution in [2.75, 3.05) is 44.8 Å². The fraction of sp³-hybridized carbons (Fsp3) is 0.391. The summed E-state index contributed by atoms with van der Waals surface area (Å²) in [5.74, 6) is 2.02. The molecule has 2 aromatic carbocycles. The van der Waals surface area contributed by atoms with Crippen molar-refractivity contribution >= 4 is 5.69 Å². The number of ether oxygens (including phenoxy) is 2. The Morgan fingerprint density at radius 1 is 1.29 bits per heavy atom. The number of nitrogens with zero attached hydrogens (tertiary/aromatic N) is 1. The third-order valence-corrected chi connectivity index (χ3v) is 5.49. The average Bonchev–Trinajstić information content (AvgIpc) is 2.69. The molecule has 0 radical (unpaired) electrons. The van der Waals surface area contributed by atoms with Crippen LogP contribution in [-0.2, 0) is 15.9 Å². The highest BCUT2D eigenvalue weighted by molar-refractivity contribution is 5.80. The fourth-order valence-electron chi connectivity index (χ4n) is 3.81. The smallest absolute Gasteiger partial charge is 0.139 e. The minimum absolute atomic E-state index is 0.162. The Balaban J connectivity index is 1.66. The van der Waals surface area contributed by atoms with Crippen molar-refractivity contribution in [3.05, 3.63) is 53.3 Å². The number of hydrogen-bond acceptors (Lipinski definition) is 4. The quantitative estimate of drug-likeness (QED) is 0.809. The standard InChI is InChI=1S/C23H25FN2O2/c1-3-17-5-6-18(12-22(17)24)21-11-16(10-19-13-25-8-9-28-19)4-7-23(21)26-14-20(15-26)27-2/h1,4-7,11-12,19-20,25H,8-10,13-15H2,2H3. The summed E-state index contributed by atoms with van der Waals surface area (Å²) in [5.41, 5.74) is 4.40. The van der Waals surface area contributed by atoms with Crippen LogP contribution in [0.2, 0.25) is 0 Å². The molecule has 0 aromatic heterocycles. The molecule has 28 heavy (non-hydrogen) atoms. The van der Waals surface area contributed by atoms with E-state index in [2.05, 4.69) is 34.3 Å². The first-order valence-electron chi connectivity index (χ1n) is 9.67. The molecular weight excluding hydrogens is 355 g/mol. The highest BCUT2D eigenvalue weighted by Crippen LogP contribution is 2.36. The summed E-state index contributed by atoms with van der Waals surface area (Å²) in [6, 6.07) is 11.5. The van der Waals surface area contributed by atoms with Gasteiger partial charge in [0.15, 0.2) is 0 Å². The summed E-state index contributed by atoms with van der Waals surface area (Å²) >= 11 is 0. The molecule has 0 amide bonds. The maximum atomic E-state index is 14.4. The molecule has 0 aliphatic carbocycles. The lowest BCUT2D eigenvalue weighted by Gasteiger charge is -2.41. The van der Waals surface area contributed by atoms with Gasteiger partial charge in [0.05, 0.1) is 24.4 Å². The van der Waals surface area contributed by atoms with Gasteiger partial charge in [-0.25, -0.2) is 4.39 Å². The number of benzene rings is 2. The van der Waals surface area contributed by atoms with Gasteiger partial charge in [0.1, 0.15) is 5.82 Å². The van der Waals surface area contributed by atoms with Crippen LogP contribution in [-0.4, -0.2) is 52.1 Å². The van der Waals surface area contributed by atoms with E-state index in [1.54, 1.807) is 13.2 Å². The molecule has 2 fully saturated rings. The van der Waals surface area contributed by atoms with Crippen molar-refractivity contribution < 1.29 is 13.9 Å². The van der Waals surface area contributed by atoms with Crippen LogP contribution in [0, 0.1) is 18.2 Å². The molecule has 146 valence electrons.